The summed E-state index contributed by atoms with van der Waals surface area (Å²) >= 11 is 0. The van der Waals surface area contributed by atoms with Gasteiger partial charge in [0.2, 0.25) is 5.91 Å². The van der Waals surface area contributed by atoms with Gasteiger partial charge in [-0.3, -0.25) is 4.79 Å². The molecule has 1 amide bonds. The summed E-state index contributed by atoms with van der Waals surface area (Å²) < 4.78 is 0. The molecule has 4 heteroatoms. The van der Waals surface area contributed by atoms with E-state index in [2.05, 4.69) is 31.3 Å². The summed E-state index contributed by atoms with van der Waals surface area (Å²) in [5, 5.41) is 23.0. The van der Waals surface area contributed by atoms with Crippen molar-refractivity contribution in [3.05, 3.63) is 24.3 Å². The number of hydrogen-bond donors (Lipinski definition) is 3. The third kappa shape index (κ3) is 38.1. The highest BCUT2D eigenvalue weighted by Crippen LogP contribution is 2.15. The van der Waals surface area contributed by atoms with Crippen LogP contribution in [0.3, 0.4) is 0 Å². The van der Waals surface area contributed by atoms with Gasteiger partial charge in [-0.2, -0.15) is 0 Å². The van der Waals surface area contributed by atoms with Crippen LogP contribution in [0.2, 0.25) is 0 Å². The molecule has 4 nitrogen and oxygen atoms in total. The fraction of sp³-hybridized carbons (Fsp3) is 0.891. The lowest BCUT2D eigenvalue weighted by Gasteiger charge is -2.20. The molecule has 0 aromatic heterocycles. The van der Waals surface area contributed by atoms with Gasteiger partial charge in [0.05, 0.1) is 18.8 Å². The van der Waals surface area contributed by atoms with Gasteiger partial charge in [0.25, 0.3) is 0 Å². The van der Waals surface area contributed by atoms with Crippen LogP contribution in [-0.2, 0) is 4.79 Å². The molecule has 0 aliphatic carbocycles. The molecule has 0 aliphatic rings. The molecule has 0 spiro atoms. The zero-order valence-electron chi connectivity index (χ0n) is 33.9. The minimum atomic E-state index is -0.836. The molecule has 3 N–H and O–H groups in total. The number of aliphatic hydroxyl groups excluding tert-OH is 2. The van der Waals surface area contributed by atoms with E-state index in [0.717, 1.165) is 25.7 Å². The van der Waals surface area contributed by atoms with Crippen LogP contribution in [0, 0.1) is 0 Å². The quantitative estimate of drug-likeness (QED) is 0.0438. The number of amides is 1. The third-order valence-corrected chi connectivity index (χ3v) is 10.4. The van der Waals surface area contributed by atoms with E-state index in [0.29, 0.717) is 6.42 Å². The first-order valence-corrected chi connectivity index (χ1v) is 22.6. The van der Waals surface area contributed by atoms with Gasteiger partial charge in [-0.15, -0.1) is 0 Å². The van der Waals surface area contributed by atoms with Gasteiger partial charge in [0, 0.05) is 6.42 Å². The minimum Gasteiger partial charge on any atom is -0.394 e. The van der Waals surface area contributed by atoms with Gasteiger partial charge in [-0.1, -0.05) is 218 Å². The zero-order valence-corrected chi connectivity index (χ0v) is 33.9. The van der Waals surface area contributed by atoms with Crippen molar-refractivity contribution >= 4 is 5.91 Å². The zero-order chi connectivity index (χ0) is 36.4. The number of hydrogen-bond acceptors (Lipinski definition) is 3. The van der Waals surface area contributed by atoms with Gasteiger partial charge in [-0.05, 0) is 44.9 Å². The van der Waals surface area contributed by atoms with Gasteiger partial charge >= 0.3 is 0 Å². The number of rotatable bonds is 41. The van der Waals surface area contributed by atoms with Crippen molar-refractivity contribution in [2.45, 2.75) is 257 Å². The highest BCUT2D eigenvalue weighted by molar-refractivity contribution is 5.76. The van der Waals surface area contributed by atoms with Crippen LogP contribution >= 0.6 is 0 Å². The van der Waals surface area contributed by atoms with E-state index < -0.39 is 12.1 Å². The van der Waals surface area contributed by atoms with Crippen molar-refractivity contribution in [2.24, 2.45) is 0 Å². The average Bonchev–Trinajstić information content (AvgIpc) is 3.12. The molecule has 0 bridgehead atoms. The van der Waals surface area contributed by atoms with Crippen LogP contribution < -0.4 is 5.32 Å². The largest absolute Gasteiger partial charge is 0.394 e. The van der Waals surface area contributed by atoms with Gasteiger partial charge in [0.15, 0.2) is 0 Å². The van der Waals surface area contributed by atoms with Crippen LogP contribution in [-0.4, -0.2) is 34.9 Å². The summed E-state index contributed by atoms with van der Waals surface area (Å²) in [5.74, 6) is -0.0645. The number of nitrogens with one attached hydrogen (secondary N) is 1. The van der Waals surface area contributed by atoms with E-state index in [1.165, 1.54) is 199 Å². The van der Waals surface area contributed by atoms with Gasteiger partial charge < -0.3 is 15.5 Å². The Morgan fingerprint density at radius 2 is 0.760 bits per heavy atom. The van der Waals surface area contributed by atoms with Crippen LogP contribution in [0.4, 0.5) is 0 Å². The maximum Gasteiger partial charge on any atom is 0.220 e. The summed E-state index contributed by atoms with van der Waals surface area (Å²) in [4.78, 5) is 12.4. The highest BCUT2D eigenvalue weighted by atomic mass is 16.3. The van der Waals surface area contributed by atoms with Crippen molar-refractivity contribution in [3.63, 3.8) is 0 Å². The third-order valence-electron chi connectivity index (χ3n) is 10.4. The predicted molar refractivity (Wildman–Crippen MR) is 221 cm³/mol. The van der Waals surface area contributed by atoms with Gasteiger partial charge in [-0.25, -0.2) is 0 Å². The Morgan fingerprint density at radius 3 is 1.10 bits per heavy atom. The van der Waals surface area contributed by atoms with Crippen LogP contribution in [0.25, 0.3) is 0 Å². The fourth-order valence-electron chi connectivity index (χ4n) is 6.94. The summed E-state index contributed by atoms with van der Waals surface area (Å²) in [6, 6.07) is -0.619. The number of allylic oxidation sites excluding steroid dienone is 3. The Balaban J connectivity index is 3.49. The summed E-state index contributed by atoms with van der Waals surface area (Å²) in [5.41, 5.74) is 0. The first-order chi connectivity index (χ1) is 24.7. The number of unbranched alkanes of at least 4 members (excludes halogenated alkanes) is 32. The molecule has 0 saturated carbocycles. The van der Waals surface area contributed by atoms with Crippen molar-refractivity contribution < 1.29 is 15.0 Å². The molecule has 296 valence electrons. The SMILES string of the molecule is CCCCCCCCCCCC/C=C/C(O)C(CO)NC(=O)CCCCCCCCCCCC/C=C\CCCCCCCCCCCCCC. The lowest BCUT2D eigenvalue weighted by molar-refractivity contribution is -0.123. The van der Waals surface area contributed by atoms with E-state index in [-0.39, 0.29) is 12.5 Å². The predicted octanol–water partition coefficient (Wildman–Crippen LogP) is 14.0. The Morgan fingerprint density at radius 1 is 0.460 bits per heavy atom. The molecule has 50 heavy (non-hydrogen) atoms. The molecule has 2 unspecified atom stereocenters. The van der Waals surface area contributed by atoms with Crippen LogP contribution in [0.1, 0.15) is 245 Å². The minimum absolute atomic E-state index is 0.0645. The lowest BCUT2D eigenvalue weighted by Crippen LogP contribution is -2.45. The average molecular weight is 704 g/mol. The monoisotopic (exact) mass is 704 g/mol. The second-order valence-electron chi connectivity index (χ2n) is 15.5. The summed E-state index contributed by atoms with van der Waals surface area (Å²) in [6.45, 7) is 4.31. The molecule has 0 radical (unpaired) electrons. The molecule has 0 aliphatic heterocycles. The molecular weight excluding hydrogens is 615 g/mol. The van der Waals surface area contributed by atoms with Crippen molar-refractivity contribution in [1.82, 2.24) is 5.32 Å². The van der Waals surface area contributed by atoms with Crippen molar-refractivity contribution in [1.29, 1.82) is 0 Å². The maximum atomic E-state index is 12.4. The number of carbonyl (C=O) groups is 1. The van der Waals surface area contributed by atoms with E-state index in [4.69, 9.17) is 0 Å². The molecule has 0 rings (SSSR count). The Labute approximate surface area is 313 Å². The molecule has 0 saturated heterocycles. The standard InChI is InChI=1S/C46H89NO3/c1-3-5-7-9-11-13-15-17-18-19-20-21-22-23-24-25-26-27-28-29-30-32-34-36-38-40-42-46(50)47-44(43-48)45(49)41-39-37-35-33-31-16-14-12-10-8-6-4-2/h23-24,39,41,44-45,48-49H,3-22,25-38,40,42-43H2,1-2H3,(H,47,50)/b24-23-,41-39+. The van der Waals surface area contributed by atoms with E-state index in [1.54, 1.807) is 6.08 Å². The molecule has 0 fully saturated rings. The second-order valence-corrected chi connectivity index (χ2v) is 15.5. The molecule has 0 aromatic carbocycles. The Kier molecular flexibility index (Phi) is 41.3. The van der Waals surface area contributed by atoms with Crippen LogP contribution in [0.15, 0.2) is 24.3 Å². The fourth-order valence-corrected chi connectivity index (χ4v) is 6.94. The van der Waals surface area contributed by atoms with E-state index in [1.807, 2.05) is 6.08 Å². The molecule has 2 atom stereocenters. The normalized spacial score (nSPS) is 13.1. The van der Waals surface area contributed by atoms with Crippen molar-refractivity contribution in [2.75, 3.05) is 6.61 Å². The Bertz CT molecular complexity index is 720. The molecule has 0 heterocycles. The van der Waals surface area contributed by atoms with Crippen molar-refractivity contribution in [3.8, 4) is 0 Å². The topological polar surface area (TPSA) is 69.6 Å². The smallest absolute Gasteiger partial charge is 0.220 e. The van der Waals surface area contributed by atoms with Gasteiger partial charge in [0.1, 0.15) is 0 Å². The number of aliphatic hydroxyl groups is 2. The molecular formula is C46H89NO3. The van der Waals surface area contributed by atoms with Crippen LogP contribution in [0.5, 0.6) is 0 Å². The summed E-state index contributed by atoms with van der Waals surface area (Å²) in [6.07, 6.45) is 54.4. The summed E-state index contributed by atoms with van der Waals surface area (Å²) in [7, 11) is 0. The first kappa shape index (κ1) is 48.9. The van der Waals surface area contributed by atoms with E-state index >= 15 is 0 Å². The highest BCUT2D eigenvalue weighted by Gasteiger charge is 2.17. The van der Waals surface area contributed by atoms with E-state index in [9.17, 15) is 15.0 Å². The lowest BCUT2D eigenvalue weighted by atomic mass is 10.0. The molecule has 0 aromatic rings. The number of carbonyl (C=O) groups excluding carboxylic acids is 1. The first-order valence-electron chi connectivity index (χ1n) is 22.6. The maximum absolute atomic E-state index is 12.4. The Hall–Kier alpha value is -1.13. The second kappa shape index (κ2) is 42.3.